The summed E-state index contributed by atoms with van der Waals surface area (Å²) < 4.78 is 1.08. The first kappa shape index (κ1) is 12.4. The first-order chi connectivity index (χ1) is 8.20. The van der Waals surface area contributed by atoms with Crippen LogP contribution in [0.2, 0.25) is 0 Å². The summed E-state index contributed by atoms with van der Waals surface area (Å²) in [4.78, 5) is 1.44. The second-order valence-corrected chi connectivity index (χ2v) is 4.87. The van der Waals surface area contributed by atoms with Crippen molar-refractivity contribution in [3.05, 3.63) is 27.8 Å². The van der Waals surface area contributed by atoms with E-state index in [0.717, 1.165) is 9.13 Å². The van der Waals surface area contributed by atoms with E-state index in [1.54, 1.807) is 0 Å². The molecule has 1 heterocycles. The minimum absolute atomic E-state index is 0.382. The third-order valence-electron chi connectivity index (χ3n) is 2.41. The number of halogens is 1. The second kappa shape index (κ2) is 5.54. The van der Waals surface area contributed by atoms with Crippen molar-refractivity contribution in [2.75, 3.05) is 0 Å². The van der Waals surface area contributed by atoms with Crippen molar-refractivity contribution in [1.82, 2.24) is 20.2 Å². The van der Waals surface area contributed by atoms with Crippen LogP contribution < -0.4 is 0 Å². The van der Waals surface area contributed by atoms with Crippen LogP contribution in [0.5, 0.6) is 0 Å². The van der Waals surface area contributed by atoms with Crippen LogP contribution in [0.3, 0.4) is 0 Å². The van der Waals surface area contributed by atoms with E-state index >= 15 is 0 Å². The molecule has 0 fully saturated rings. The lowest BCUT2D eigenvalue weighted by Crippen LogP contribution is -2.16. The van der Waals surface area contributed by atoms with Crippen LogP contribution in [0.4, 0.5) is 0 Å². The maximum absolute atomic E-state index is 9.52. The van der Waals surface area contributed by atoms with Crippen molar-refractivity contribution in [2.24, 2.45) is 0 Å². The lowest BCUT2D eigenvalue weighted by molar-refractivity contribution is 0.138. The second-order valence-electron chi connectivity index (χ2n) is 3.71. The monoisotopic (exact) mass is 344 g/mol. The van der Waals surface area contributed by atoms with Gasteiger partial charge in [-0.3, -0.25) is 0 Å². The molecular formula is C11H13IN4O. The standard InChI is InChI=1S/C11H13IN4O/c1-2-8(17)7-16-14-11(13-15-16)9-5-3-4-6-10(9)12/h3-6,8,17H,2,7H2,1H3. The number of benzene rings is 1. The Morgan fingerprint density at radius 2 is 2.18 bits per heavy atom. The highest BCUT2D eigenvalue weighted by atomic mass is 127. The van der Waals surface area contributed by atoms with Crippen molar-refractivity contribution in [3.63, 3.8) is 0 Å². The van der Waals surface area contributed by atoms with Crippen molar-refractivity contribution in [2.45, 2.75) is 26.0 Å². The Balaban J connectivity index is 2.21. The van der Waals surface area contributed by atoms with E-state index in [4.69, 9.17) is 0 Å². The predicted octanol–water partition coefficient (Wildman–Crippen LogP) is 1.72. The maximum Gasteiger partial charge on any atom is 0.205 e. The van der Waals surface area contributed by atoms with E-state index < -0.39 is 6.10 Å². The van der Waals surface area contributed by atoms with Crippen molar-refractivity contribution >= 4 is 22.6 Å². The van der Waals surface area contributed by atoms with Gasteiger partial charge in [0.15, 0.2) is 0 Å². The zero-order valence-electron chi connectivity index (χ0n) is 9.41. The molecular weight excluding hydrogens is 331 g/mol. The van der Waals surface area contributed by atoms with Crippen LogP contribution in [0.15, 0.2) is 24.3 Å². The first-order valence-corrected chi connectivity index (χ1v) is 6.49. The number of tetrazole rings is 1. The number of aliphatic hydroxyl groups is 1. The van der Waals surface area contributed by atoms with Gasteiger partial charge in [-0.15, -0.1) is 10.2 Å². The molecule has 6 heteroatoms. The summed E-state index contributed by atoms with van der Waals surface area (Å²) in [6.45, 7) is 2.30. The van der Waals surface area contributed by atoms with Crippen molar-refractivity contribution < 1.29 is 5.11 Å². The summed E-state index contributed by atoms with van der Waals surface area (Å²) >= 11 is 2.24. The van der Waals surface area contributed by atoms with E-state index in [2.05, 4.69) is 38.0 Å². The highest BCUT2D eigenvalue weighted by molar-refractivity contribution is 14.1. The number of hydrogen-bond acceptors (Lipinski definition) is 4. The smallest absolute Gasteiger partial charge is 0.205 e. The fourth-order valence-electron chi connectivity index (χ4n) is 1.39. The molecule has 0 bridgehead atoms. The van der Waals surface area contributed by atoms with Gasteiger partial charge in [0.2, 0.25) is 5.82 Å². The zero-order chi connectivity index (χ0) is 12.3. The molecule has 1 unspecified atom stereocenters. The molecule has 0 saturated heterocycles. The number of aromatic nitrogens is 4. The Labute approximate surface area is 113 Å². The Hall–Kier alpha value is -1.02. The number of nitrogens with zero attached hydrogens (tertiary/aromatic N) is 4. The van der Waals surface area contributed by atoms with E-state index in [1.165, 1.54) is 4.80 Å². The minimum Gasteiger partial charge on any atom is -0.391 e. The highest BCUT2D eigenvalue weighted by Gasteiger charge is 2.10. The third kappa shape index (κ3) is 3.01. The number of aliphatic hydroxyl groups excluding tert-OH is 1. The van der Waals surface area contributed by atoms with Crippen LogP contribution in [0.1, 0.15) is 13.3 Å². The van der Waals surface area contributed by atoms with Gasteiger partial charge in [0.05, 0.1) is 12.6 Å². The fourth-order valence-corrected chi connectivity index (χ4v) is 2.02. The predicted molar refractivity (Wildman–Crippen MR) is 72.3 cm³/mol. The van der Waals surface area contributed by atoms with Gasteiger partial charge in [-0.05, 0) is 46.4 Å². The van der Waals surface area contributed by atoms with Gasteiger partial charge in [0.1, 0.15) is 0 Å². The quantitative estimate of drug-likeness (QED) is 0.858. The molecule has 90 valence electrons. The fraction of sp³-hybridized carbons (Fsp3) is 0.364. The number of rotatable bonds is 4. The van der Waals surface area contributed by atoms with Gasteiger partial charge in [-0.2, -0.15) is 4.80 Å². The summed E-state index contributed by atoms with van der Waals surface area (Å²) in [5.41, 5.74) is 0.963. The Morgan fingerprint density at radius 3 is 2.88 bits per heavy atom. The van der Waals surface area contributed by atoms with Gasteiger partial charge in [-0.1, -0.05) is 19.1 Å². The van der Waals surface area contributed by atoms with E-state index in [1.807, 2.05) is 31.2 Å². The molecule has 2 rings (SSSR count). The van der Waals surface area contributed by atoms with Crippen LogP contribution in [-0.4, -0.2) is 31.4 Å². The largest absolute Gasteiger partial charge is 0.391 e. The normalized spacial score (nSPS) is 12.6. The average molecular weight is 344 g/mol. The van der Waals surface area contributed by atoms with Gasteiger partial charge >= 0.3 is 0 Å². The highest BCUT2D eigenvalue weighted by Crippen LogP contribution is 2.20. The molecule has 5 nitrogen and oxygen atoms in total. The van der Waals surface area contributed by atoms with E-state index in [9.17, 15) is 5.11 Å². The van der Waals surface area contributed by atoms with E-state index in [0.29, 0.717) is 18.8 Å². The first-order valence-electron chi connectivity index (χ1n) is 5.41. The van der Waals surface area contributed by atoms with Gasteiger partial charge in [-0.25, -0.2) is 0 Å². The molecule has 1 aromatic heterocycles. The molecule has 17 heavy (non-hydrogen) atoms. The lowest BCUT2D eigenvalue weighted by Gasteiger charge is -2.04. The maximum atomic E-state index is 9.52. The molecule has 1 N–H and O–H groups in total. The zero-order valence-corrected chi connectivity index (χ0v) is 11.6. The third-order valence-corrected chi connectivity index (χ3v) is 3.35. The molecule has 0 aliphatic heterocycles. The molecule has 0 aliphatic rings. The average Bonchev–Trinajstić information content (AvgIpc) is 2.78. The van der Waals surface area contributed by atoms with Crippen molar-refractivity contribution in [1.29, 1.82) is 0 Å². The van der Waals surface area contributed by atoms with Crippen LogP contribution in [0, 0.1) is 3.57 Å². The van der Waals surface area contributed by atoms with Gasteiger partial charge in [0, 0.05) is 9.13 Å². The number of hydrogen-bond donors (Lipinski definition) is 1. The van der Waals surface area contributed by atoms with Gasteiger partial charge in [0.25, 0.3) is 0 Å². The summed E-state index contributed by atoms with van der Waals surface area (Å²) in [6.07, 6.45) is 0.256. The van der Waals surface area contributed by atoms with E-state index in [-0.39, 0.29) is 0 Å². The lowest BCUT2D eigenvalue weighted by atomic mass is 10.2. The van der Waals surface area contributed by atoms with Crippen LogP contribution in [-0.2, 0) is 6.54 Å². The SMILES string of the molecule is CCC(O)Cn1nnc(-c2ccccc2I)n1. The summed E-state index contributed by atoms with van der Waals surface area (Å²) in [6, 6.07) is 7.87. The molecule has 0 spiro atoms. The summed E-state index contributed by atoms with van der Waals surface area (Å²) in [5.74, 6) is 0.596. The summed E-state index contributed by atoms with van der Waals surface area (Å²) in [7, 11) is 0. The molecule has 1 aromatic carbocycles. The van der Waals surface area contributed by atoms with Gasteiger partial charge < -0.3 is 5.11 Å². The molecule has 2 aromatic rings. The Bertz CT molecular complexity index is 500. The Kier molecular flexibility index (Phi) is 4.06. The molecule has 1 atom stereocenters. The molecule has 0 aliphatic carbocycles. The molecule has 0 radical (unpaired) electrons. The Morgan fingerprint density at radius 1 is 1.41 bits per heavy atom. The molecule has 0 saturated carbocycles. The van der Waals surface area contributed by atoms with Crippen molar-refractivity contribution in [3.8, 4) is 11.4 Å². The minimum atomic E-state index is -0.424. The topological polar surface area (TPSA) is 63.8 Å². The summed E-state index contributed by atoms with van der Waals surface area (Å²) in [5, 5.41) is 21.7. The van der Waals surface area contributed by atoms with Crippen LogP contribution in [0.25, 0.3) is 11.4 Å². The molecule has 0 amide bonds. The van der Waals surface area contributed by atoms with Crippen LogP contribution >= 0.6 is 22.6 Å².